The van der Waals surface area contributed by atoms with E-state index in [-0.39, 0.29) is 17.9 Å². The highest BCUT2D eigenvalue weighted by molar-refractivity contribution is 5.79. The molecule has 6 heteroatoms. The first-order chi connectivity index (χ1) is 14.7. The van der Waals surface area contributed by atoms with Crippen LogP contribution in [0.2, 0.25) is 0 Å². The summed E-state index contributed by atoms with van der Waals surface area (Å²) < 4.78 is 5.86. The molecule has 2 aliphatic heterocycles. The summed E-state index contributed by atoms with van der Waals surface area (Å²) >= 11 is 0. The maximum absolute atomic E-state index is 12.6. The van der Waals surface area contributed by atoms with E-state index >= 15 is 0 Å². The predicted molar refractivity (Wildman–Crippen MR) is 115 cm³/mol. The minimum atomic E-state index is -0.0311. The van der Waals surface area contributed by atoms with Crippen LogP contribution in [0.5, 0.6) is 11.5 Å². The molecule has 0 unspecified atom stereocenters. The molecule has 0 spiro atoms. The Balaban J connectivity index is 1.24. The molecule has 3 amide bonds. The number of para-hydroxylation sites is 1. The second-order valence-electron chi connectivity index (χ2n) is 8.02. The summed E-state index contributed by atoms with van der Waals surface area (Å²) in [6.07, 6.45) is 3.65. The molecule has 4 rings (SSSR count). The van der Waals surface area contributed by atoms with E-state index in [1.165, 1.54) is 0 Å². The minimum Gasteiger partial charge on any atom is -0.457 e. The minimum absolute atomic E-state index is 0.0311. The molecule has 158 valence electrons. The van der Waals surface area contributed by atoms with Crippen LogP contribution in [0, 0.1) is 5.92 Å². The molecule has 0 saturated carbocycles. The van der Waals surface area contributed by atoms with Gasteiger partial charge in [-0.1, -0.05) is 30.3 Å². The summed E-state index contributed by atoms with van der Waals surface area (Å²) in [5.74, 6) is 1.57. The van der Waals surface area contributed by atoms with E-state index < -0.39 is 0 Å². The molecule has 0 aliphatic carbocycles. The van der Waals surface area contributed by atoms with E-state index in [2.05, 4.69) is 5.32 Å². The number of nitrogens with zero attached hydrogens (tertiary/aromatic N) is 2. The molecule has 0 atom stereocenters. The van der Waals surface area contributed by atoms with E-state index in [1.54, 1.807) is 0 Å². The Bertz CT molecular complexity index is 857. The van der Waals surface area contributed by atoms with E-state index in [0.29, 0.717) is 19.6 Å². The summed E-state index contributed by atoms with van der Waals surface area (Å²) in [7, 11) is 0. The zero-order chi connectivity index (χ0) is 20.8. The van der Waals surface area contributed by atoms with Gasteiger partial charge in [0, 0.05) is 38.6 Å². The number of hydrogen-bond acceptors (Lipinski definition) is 3. The van der Waals surface area contributed by atoms with Gasteiger partial charge in [0.05, 0.1) is 0 Å². The van der Waals surface area contributed by atoms with Gasteiger partial charge in [0.15, 0.2) is 0 Å². The van der Waals surface area contributed by atoms with Gasteiger partial charge in [-0.15, -0.1) is 0 Å². The maximum atomic E-state index is 12.6. The lowest BCUT2D eigenvalue weighted by atomic mass is 9.96. The molecule has 0 aromatic heterocycles. The molecule has 2 fully saturated rings. The summed E-state index contributed by atoms with van der Waals surface area (Å²) in [6, 6.07) is 17.6. The molecule has 30 heavy (non-hydrogen) atoms. The third-order valence-electron chi connectivity index (χ3n) is 5.86. The van der Waals surface area contributed by atoms with E-state index in [4.69, 9.17) is 4.74 Å². The van der Waals surface area contributed by atoms with Crippen LogP contribution < -0.4 is 10.1 Å². The monoisotopic (exact) mass is 407 g/mol. The number of nitrogens with one attached hydrogen (secondary N) is 1. The highest BCUT2D eigenvalue weighted by Gasteiger charge is 2.30. The van der Waals surface area contributed by atoms with Gasteiger partial charge in [-0.25, -0.2) is 4.79 Å². The molecule has 6 nitrogen and oxygen atoms in total. The van der Waals surface area contributed by atoms with Crippen LogP contribution in [0.25, 0.3) is 0 Å². The number of carbonyl (C=O) groups is 2. The molecular formula is C24H29N3O3. The topological polar surface area (TPSA) is 61.9 Å². The van der Waals surface area contributed by atoms with Crippen LogP contribution in [-0.4, -0.2) is 47.9 Å². The Labute approximate surface area is 177 Å². The Morgan fingerprint density at radius 1 is 0.867 bits per heavy atom. The fourth-order valence-corrected chi connectivity index (χ4v) is 4.12. The Kier molecular flexibility index (Phi) is 6.52. The average Bonchev–Trinajstić information content (AvgIpc) is 3.33. The molecule has 2 aliphatic rings. The molecule has 0 bridgehead atoms. The number of piperidine rings is 1. The lowest BCUT2D eigenvalue weighted by Crippen LogP contribution is -2.47. The molecule has 2 saturated heterocycles. The van der Waals surface area contributed by atoms with E-state index in [1.807, 2.05) is 64.4 Å². The van der Waals surface area contributed by atoms with Gasteiger partial charge in [0.2, 0.25) is 5.91 Å². The SMILES string of the molecule is O=C(NCc1cccc(Oc2ccccc2)c1)C1CCN(C(=O)N2CCCC2)CC1. The number of carbonyl (C=O) groups excluding carboxylic acids is 2. The fraction of sp³-hybridized carbons (Fsp3) is 0.417. The third kappa shape index (κ3) is 5.12. The van der Waals surface area contributed by atoms with Crippen LogP contribution in [-0.2, 0) is 11.3 Å². The zero-order valence-corrected chi connectivity index (χ0v) is 17.3. The van der Waals surface area contributed by atoms with Gasteiger partial charge >= 0.3 is 6.03 Å². The molecular weight excluding hydrogens is 378 g/mol. The first-order valence-corrected chi connectivity index (χ1v) is 10.8. The van der Waals surface area contributed by atoms with Crippen molar-refractivity contribution in [2.24, 2.45) is 5.92 Å². The number of hydrogen-bond donors (Lipinski definition) is 1. The standard InChI is InChI=1S/C24H29N3O3/c28-23(20-11-15-27(16-12-20)24(29)26-13-4-5-14-26)25-18-19-7-6-10-22(17-19)30-21-8-2-1-3-9-21/h1-3,6-10,17,20H,4-5,11-16,18H2,(H,25,28). The number of likely N-dealkylation sites (tertiary alicyclic amines) is 2. The van der Waals surface area contributed by atoms with Crippen molar-refractivity contribution in [3.8, 4) is 11.5 Å². The van der Waals surface area contributed by atoms with Crippen molar-refractivity contribution >= 4 is 11.9 Å². The van der Waals surface area contributed by atoms with E-state index in [0.717, 1.165) is 55.8 Å². The van der Waals surface area contributed by atoms with Gasteiger partial charge in [-0.2, -0.15) is 0 Å². The van der Waals surface area contributed by atoms with Crippen molar-refractivity contribution < 1.29 is 14.3 Å². The van der Waals surface area contributed by atoms with Crippen molar-refractivity contribution in [3.05, 3.63) is 60.2 Å². The Morgan fingerprint density at radius 2 is 1.53 bits per heavy atom. The second-order valence-corrected chi connectivity index (χ2v) is 8.02. The van der Waals surface area contributed by atoms with Crippen LogP contribution in [0.15, 0.2) is 54.6 Å². The molecule has 2 heterocycles. The van der Waals surface area contributed by atoms with Crippen molar-refractivity contribution in [3.63, 3.8) is 0 Å². The van der Waals surface area contributed by atoms with Crippen LogP contribution in [0.3, 0.4) is 0 Å². The van der Waals surface area contributed by atoms with Gasteiger partial charge in [-0.05, 0) is 55.5 Å². The Hall–Kier alpha value is -3.02. The lowest BCUT2D eigenvalue weighted by Gasteiger charge is -2.34. The van der Waals surface area contributed by atoms with Crippen LogP contribution in [0.1, 0.15) is 31.2 Å². The lowest BCUT2D eigenvalue weighted by molar-refractivity contribution is -0.126. The largest absolute Gasteiger partial charge is 0.457 e. The molecule has 2 aromatic carbocycles. The fourth-order valence-electron chi connectivity index (χ4n) is 4.12. The second kappa shape index (κ2) is 9.65. The molecule has 0 radical (unpaired) electrons. The van der Waals surface area contributed by atoms with Gasteiger partial charge in [0.25, 0.3) is 0 Å². The predicted octanol–water partition coefficient (Wildman–Crippen LogP) is 4.02. The third-order valence-corrected chi connectivity index (χ3v) is 5.86. The summed E-state index contributed by atoms with van der Waals surface area (Å²) in [6.45, 7) is 3.53. The Morgan fingerprint density at radius 3 is 2.27 bits per heavy atom. The summed E-state index contributed by atoms with van der Waals surface area (Å²) in [5.41, 5.74) is 0.999. The van der Waals surface area contributed by atoms with Crippen LogP contribution >= 0.6 is 0 Å². The smallest absolute Gasteiger partial charge is 0.319 e. The van der Waals surface area contributed by atoms with Crippen LogP contribution in [0.4, 0.5) is 4.79 Å². The van der Waals surface area contributed by atoms with Crippen molar-refractivity contribution in [2.45, 2.75) is 32.2 Å². The van der Waals surface area contributed by atoms with Crippen molar-refractivity contribution in [1.29, 1.82) is 0 Å². The number of benzene rings is 2. The first kappa shape index (κ1) is 20.3. The van der Waals surface area contributed by atoms with Gasteiger partial charge < -0.3 is 19.9 Å². The first-order valence-electron chi connectivity index (χ1n) is 10.8. The zero-order valence-electron chi connectivity index (χ0n) is 17.3. The molecule has 2 aromatic rings. The number of rotatable bonds is 5. The summed E-state index contributed by atoms with van der Waals surface area (Å²) in [4.78, 5) is 29.0. The number of ether oxygens (including phenoxy) is 1. The van der Waals surface area contributed by atoms with E-state index in [9.17, 15) is 9.59 Å². The quantitative estimate of drug-likeness (QED) is 0.814. The number of urea groups is 1. The number of amides is 3. The van der Waals surface area contributed by atoms with Crippen molar-refractivity contribution in [2.75, 3.05) is 26.2 Å². The average molecular weight is 408 g/mol. The maximum Gasteiger partial charge on any atom is 0.319 e. The summed E-state index contributed by atoms with van der Waals surface area (Å²) in [5, 5.41) is 3.05. The highest BCUT2D eigenvalue weighted by Crippen LogP contribution is 2.23. The van der Waals surface area contributed by atoms with Gasteiger partial charge in [0.1, 0.15) is 11.5 Å². The van der Waals surface area contributed by atoms with Crippen molar-refractivity contribution in [1.82, 2.24) is 15.1 Å². The highest BCUT2D eigenvalue weighted by atomic mass is 16.5. The normalized spacial score (nSPS) is 17.1. The van der Waals surface area contributed by atoms with Gasteiger partial charge in [-0.3, -0.25) is 4.79 Å². The molecule has 1 N–H and O–H groups in total.